The van der Waals surface area contributed by atoms with Crippen molar-refractivity contribution in [3.05, 3.63) is 30.3 Å². The molecule has 0 aliphatic carbocycles. The molecule has 0 bridgehead atoms. The summed E-state index contributed by atoms with van der Waals surface area (Å²) in [5.74, 6) is 0. The normalized spacial score (nSPS) is 11.1. The lowest BCUT2D eigenvalue weighted by molar-refractivity contribution is 0.0889. The SMILES string of the molecule is CC(C)N(C(=O)Nc1ccccc1)C(=O)OCC(C)(C)N. The lowest BCUT2D eigenvalue weighted by atomic mass is 10.1. The van der Waals surface area contributed by atoms with Gasteiger partial charge >= 0.3 is 12.1 Å². The van der Waals surface area contributed by atoms with Crippen molar-refractivity contribution in [2.45, 2.75) is 39.3 Å². The van der Waals surface area contributed by atoms with E-state index >= 15 is 0 Å². The van der Waals surface area contributed by atoms with E-state index in [1.807, 2.05) is 6.07 Å². The Morgan fingerprint density at radius 2 is 1.86 bits per heavy atom. The predicted molar refractivity (Wildman–Crippen MR) is 82.1 cm³/mol. The number of para-hydroxylation sites is 1. The fourth-order valence-corrected chi connectivity index (χ4v) is 1.55. The van der Waals surface area contributed by atoms with Crippen molar-refractivity contribution in [1.29, 1.82) is 0 Å². The van der Waals surface area contributed by atoms with Gasteiger partial charge in [-0.2, -0.15) is 0 Å². The van der Waals surface area contributed by atoms with Crippen molar-refractivity contribution in [3.63, 3.8) is 0 Å². The summed E-state index contributed by atoms with van der Waals surface area (Å²) < 4.78 is 5.09. The second-order valence-electron chi connectivity index (χ2n) is 5.80. The number of imide groups is 1. The number of nitrogens with two attached hydrogens (primary N) is 1. The molecule has 0 atom stereocenters. The first-order valence-electron chi connectivity index (χ1n) is 6.81. The number of carbonyl (C=O) groups is 2. The van der Waals surface area contributed by atoms with Crippen molar-refractivity contribution in [3.8, 4) is 0 Å². The van der Waals surface area contributed by atoms with Gasteiger partial charge < -0.3 is 15.8 Å². The van der Waals surface area contributed by atoms with Crippen molar-refractivity contribution in [1.82, 2.24) is 4.90 Å². The van der Waals surface area contributed by atoms with Crippen LogP contribution in [-0.4, -0.2) is 35.2 Å². The van der Waals surface area contributed by atoms with Crippen LogP contribution in [0.2, 0.25) is 0 Å². The number of rotatable bonds is 4. The predicted octanol–water partition coefficient (Wildman–Crippen LogP) is 2.80. The van der Waals surface area contributed by atoms with Gasteiger partial charge in [0.2, 0.25) is 0 Å². The molecule has 0 aliphatic rings. The average molecular weight is 293 g/mol. The molecule has 0 unspecified atom stereocenters. The molecule has 6 nitrogen and oxygen atoms in total. The second-order valence-corrected chi connectivity index (χ2v) is 5.80. The maximum Gasteiger partial charge on any atom is 0.418 e. The molecule has 0 spiro atoms. The number of ether oxygens (including phenoxy) is 1. The van der Waals surface area contributed by atoms with E-state index in [4.69, 9.17) is 10.5 Å². The number of amides is 3. The van der Waals surface area contributed by atoms with Crippen LogP contribution in [0, 0.1) is 0 Å². The van der Waals surface area contributed by atoms with E-state index in [1.165, 1.54) is 0 Å². The Morgan fingerprint density at radius 3 is 2.33 bits per heavy atom. The molecule has 0 saturated carbocycles. The highest BCUT2D eigenvalue weighted by Crippen LogP contribution is 2.10. The number of urea groups is 1. The highest BCUT2D eigenvalue weighted by molar-refractivity contribution is 5.99. The minimum Gasteiger partial charge on any atom is -0.447 e. The molecule has 3 N–H and O–H groups in total. The third-order valence-corrected chi connectivity index (χ3v) is 2.52. The van der Waals surface area contributed by atoms with Crippen molar-refractivity contribution in [2.24, 2.45) is 5.73 Å². The smallest absolute Gasteiger partial charge is 0.418 e. The van der Waals surface area contributed by atoms with Crippen LogP contribution < -0.4 is 11.1 Å². The Labute approximate surface area is 125 Å². The summed E-state index contributed by atoms with van der Waals surface area (Å²) in [5.41, 5.74) is 5.73. The third kappa shape index (κ3) is 5.83. The summed E-state index contributed by atoms with van der Waals surface area (Å²) in [5, 5.41) is 2.66. The van der Waals surface area contributed by atoms with Crippen LogP contribution in [0.15, 0.2) is 30.3 Å². The maximum atomic E-state index is 12.2. The average Bonchev–Trinajstić information content (AvgIpc) is 2.36. The Bertz CT molecular complexity index is 481. The quantitative estimate of drug-likeness (QED) is 0.894. The summed E-state index contributed by atoms with van der Waals surface area (Å²) in [6.07, 6.45) is -0.711. The highest BCUT2D eigenvalue weighted by Gasteiger charge is 2.27. The monoisotopic (exact) mass is 293 g/mol. The number of carbonyl (C=O) groups excluding carboxylic acids is 2. The first kappa shape index (κ1) is 17.0. The summed E-state index contributed by atoms with van der Waals surface area (Å²) in [7, 11) is 0. The molecule has 1 aromatic rings. The van der Waals surface area contributed by atoms with Gasteiger partial charge in [-0.05, 0) is 39.8 Å². The van der Waals surface area contributed by atoms with Crippen LogP contribution in [0.5, 0.6) is 0 Å². The Hall–Kier alpha value is -2.08. The number of benzene rings is 1. The zero-order chi connectivity index (χ0) is 16.0. The molecule has 0 aromatic heterocycles. The molecule has 0 heterocycles. The number of nitrogens with one attached hydrogen (secondary N) is 1. The Kier molecular flexibility index (Phi) is 5.72. The minimum atomic E-state index is -0.711. The molecule has 1 aromatic carbocycles. The molecule has 0 saturated heterocycles. The molecule has 6 heteroatoms. The lowest BCUT2D eigenvalue weighted by Gasteiger charge is -2.26. The van der Waals surface area contributed by atoms with Crippen LogP contribution in [-0.2, 0) is 4.74 Å². The molecule has 0 fully saturated rings. The van der Waals surface area contributed by atoms with E-state index in [9.17, 15) is 9.59 Å². The molecule has 3 amide bonds. The zero-order valence-electron chi connectivity index (χ0n) is 12.9. The van der Waals surface area contributed by atoms with Gasteiger partial charge in [0.25, 0.3) is 0 Å². The minimum absolute atomic E-state index is 0.0354. The maximum absolute atomic E-state index is 12.2. The number of hydrogen-bond acceptors (Lipinski definition) is 4. The molecule has 1 rings (SSSR count). The first-order valence-corrected chi connectivity index (χ1v) is 6.81. The van der Waals surface area contributed by atoms with Gasteiger partial charge in [-0.3, -0.25) is 0 Å². The van der Waals surface area contributed by atoms with E-state index in [0.29, 0.717) is 5.69 Å². The number of hydrogen-bond donors (Lipinski definition) is 2. The fourth-order valence-electron chi connectivity index (χ4n) is 1.55. The fraction of sp³-hybridized carbons (Fsp3) is 0.467. The summed E-state index contributed by atoms with van der Waals surface area (Å²) in [6, 6.07) is 8.05. The second kappa shape index (κ2) is 7.08. The standard InChI is InChI=1S/C15H23N3O3/c1-11(2)18(14(20)21-10-15(3,4)16)13(19)17-12-8-6-5-7-9-12/h5-9,11H,10,16H2,1-4H3,(H,17,19). The largest absolute Gasteiger partial charge is 0.447 e. The Morgan fingerprint density at radius 1 is 1.29 bits per heavy atom. The summed E-state index contributed by atoms with van der Waals surface area (Å²) >= 11 is 0. The van der Waals surface area contributed by atoms with Crippen molar-refractivity contribution < 1.29 is 14.3 Å². The van der Waals surface area contributed by atoms with E-state index in [0.717, 1.165) is 4.90 Å². The van der Waals surface area contributed by atoms with Crippen LogP contribution in [0.25, 0.3) is 0 Å². The summed E-state index contributed by atoms with van der Waals surface area (Å²) in [4.78, 5) is 25.3. The van der Waals surface area contributed by atoms with Crippen LogP contribution >= 0.6 is 0 Å². The van der Waals surface area contributed by atoms with Gasteiger partial charge in [-0.1, -0.05) is 18.2 Å². The van der Waals surface area contributed by atoms with Crippen LogP contribution in [0.4, 0.5) is 15.3 Å². The molecular weight excluding hydrogens is 270 g/mol. The molecule has 0 radical (unpaired) electrons. The highest BCUT2D eigenvalue weighted by atomic mass is 16.6. The van der Waals surface area contributed by atoms with Crippen LogP contribution in [0.1, 0.15) is 27.7 Å². The molecule has 21 heavy (non-hydrogen) atoms. The van der Waals surface area contributed by atoms with Crippen molar-refractivity contribution in [2.75, 3.05) is 11.9 Å². The van der Waals surface area contributed by atoms with E-state index < -0.39 is 17.7 Å². The Balaban J connectivity index is 2.72. The molecule has 116 valence electrons. The van der Waals surface area contributed by atoms with E-state index in [2.05, 4.69) is 5.32 Å². The van der Waals surface area contributed by atoms with Gasteiger partial charge in [0.1, 0.15) is 6.61 Å². The molecule has 0 aliphatic heterocycles. The molecular formula is C15H23N3O3. The van der Waals surface area contributed by atoms with E-state index in [1.54, 1.807) is 52.0 Å². The number of anilines is 1. The van der Waals surface area contributed by atoms with Gasteiger partial charge in [0.05, 0.1) is 0 Å². The third-order valence-electron chi connectivity index (χ3n) is 2.52. The summed E-state index contributed by atoms with van der Waals surface area (Å²) in [6.45, 7) is 6.99. The lowest BCUT2D eigenvalue weighted by Crippen LogP contribution is -2.47. The van der Waals surface area contributed by atoms with Gasteiger partial charge in [-0.15, -0.1) is 0 Å². The number of nitrogens with zero attached hydrogens (tertiary/aromatic N) is 1. The zero-order valence-corrected chi connectivity index (χ0v) is 12.9. The van der Waals surface area contributed by atoms with Gasteiger partial charge in [0.15, 0.2) is 0 Å². The first-order chi connectivity index (χ1) is 9.70. The van der Waals surface area contributed by atoms with Crippen LogP contribution in [0.3, 0.4) is 0 Å². The topological polar surface area (TPSA) is 84.7 Å². The van der Waals surface area contributed by atoms with Crippen molar-refractivity contribution >= 4 is 17.8 Å². The van der Waals surface area contributed by atoms with E-state index in [-0.39, 0.29) is 12.6 Å². The van der Waals surface area contributed by atoms with Gasteiger partial charge in [-0.25, -0.2) is 14.5 Å². The van der Waals surface area contributed by atoms with Gasteiger partial charge in [0, 0.05) is 17.3 Å².